The molecule has 0 saturated carbocycles. The molecule has 0 spiro atoms. The van der Waals surface area contributed by atoms with Gasteiger partial charge in [-0.1, -0.05) is 25.1 Å². The molecule has 1 aromatic carbocycles. The van der Waals surface area contributed by atoms with E-state index in [1.165, 1.54) is 5.56 Å². The molecule has 1 atom stereocenters. The largest absolute Gasteiger partial charge is 0.486 e. The van der Waals surface area contributed by atoms with Crippen LogP contribution in [0.25, 0.3) is 0 Å². The molecule has 82 valence electrons. The highest BCUT2D eigenvalue weighted by atomic mass is 16.5. The zero-order chi connectivity index (χ0) is 10.9. The zero-order valence-electron chi connectivity index (χ0n) is 9.71. The third-order valence-electron chi connectivity index (χ3n) is 2.86. The van der Waals surface area contributed by atoms with Crippen LogP contribution in [0.4, 0.5) is 0 Å². The Morgan fingerprint density at radius 2 is 2.13 bits per heavy atom. The van der Waals surface area contributed by atoms with Crippen LogP contribution in [-0.2, 0) is 0 Å². The minimum Gasteiger partial charge on any atom is -0.486 e. The van der Waals surface area contributed by atoms with Crippen LogP contribution in [0.15, 0.2) is 24.3 Å². The third-order valence-corrected chi connectivity index (χ3v) is 2.86. The summed E-state index contributed by atoms with van der Waals surface area (Å²) in [4.78, 5) is 0. The van der Waals surface area contributed by atoms with Crippen molar-refractivity contribution in [2.24, 2.45) is 0 Å². The van der Waals surface area contributed by atoms with Crippen molar-refractivity contribution in [3.8, 4) is 5.75 Å². The van der Waals surface area contributed by atoms with E-state index >= 15 is 0 Å². The number of nitrogens with one attached hydrogen (secondary N) is 1. The van der Waals surface area contributed by atoms with Gasteiger partial charge in [0.1, 0.15) is 11.4 Å². The van der Waals surface area contributed by atoms with Gasteiger partial charge >= 0.3 is 0 Å². The average Bonchev–Trinajstić information content (AvgIpc) is 2.32. The summed E-state index contributed by atoms with van der Waals surface area (Å²) in [6, 6.07) is 8.74. The van der Waals surface area contributed by atoms with E-state index in [1.54, 1.807) is 0 Å². The van der Waals surface area contributed by atoms with Gasteiger partial charge in [0, 0.05) is 18.2 Å². The molecule has 15 heavy (non-hydrogen) atoms. The third kappa shape index (κ3) is 2.15. The monoisotopic (exact) mass is 205 g/mol. The fourth-order valence-electron chi connectivity index (χ4n) is 2.04. The van der Waals surface area contributed by atoms with Crippen molar-refractivity contribution < 1.29 is 4.74 Å². The molecule has 2 nitrogen and oxygen atoms in total. The van der Waals surface area contributed by atoms with E-state index in [9.17, 15) is 0 Å². The predicted molar refractivity (Wildman–Crippen MR) is 62.2 cm³/mol. The Balaban J connectivity index is 2.40. The van der Waals surface area contributed by atoms with Crippen LogP contribution >= 0.6 is 0 Å². The number of para-hydroxylation sites is 1. The van der Waals surface area contributed by atoms with Gasteiger partial charge in [-0.3, -0.25) is 0 Å². The number of hydrogen-bond donors (Lipinski definition) is 1. The van der Waals surface area contributed by atoms with Gasteiger partial charge in [0.15, 0.2) is 0 Å². The fraction of sp³-hybridized carbons (Fsp3) is 0.538. The summed E-state index contributed by atoms with van der Waals surface area (Å²) in [5, 5.41) is 3.55. The summed E-state index contributed by atoms with van der Waals surface area (Å²) in [5.74, 6) is 1.03. The molecule has 1 aliphatic rings. The normalized spacial score (nSPS) is 23.8. The van der Waals surface area contributed by atoms with Crippen LogP contribution in [0, 0.1) is 0 Å². The molecule has 1 aliphatic heterocycles. The number of benzene rings is 1. The molecule has 1 N–H and O–H groups in total. The van der Waals surface area contributed by atoms with Crippen molar-refractivity contribution in [2.45, 2.75) is 38.8 Å². The first-order valence-corrected chi connectivity index (χ1v) is 5.64. The average molecular weight is 205 g/mol. The van der Waals surface area contributed by atoms with Gasteiger partial charge in [-0.2, -0.15) is 0 Å². The SMILES string of the molecule is CCC1NCC(C)(C)Oc2ccccc21. The number of rotatable bonds is 1. The van der Waals surface area contributed by atoms with E-state index in [0.717, 1.165) is 18.7 Å². The fourth-order valence-corrected chi connectivity index (χ4v) is 2.04. The maximum absolute atomic E-state index is 6.01. The summed E-state index contributed by atoms with van der Waals surface area (Å²) >= 11 is 0. The molecule has 1 unspecified atom stereocenters. The molecule has 0 bridgehead atoms. The molecule has 2 heteroatoms. The van der Waals surface area contributed by atoms with Gasteiger partial charge in [0.25, 0.3) is 0 Å². The first-order chi connectivity index (χ1) is 7.12. The van der Waals surface area contributed by atoms with E-state index < -0.39 is 0 Å². The van der Waals surface area contributed by atoms with Crippen LogP contribution in [-0.4, -0.2) is 12.1 Å². The van der Waals surface area contributed by atoms with E-state index in [0.29, 0.717) is 6.04 Å². The summed E-state index contributed by atoms with van der Waals surface area (Å²) in [5.41, 5.74) is 1.16. The second-order valence-corrected chi connectivity index (χ2v) is 4.74. The maximum atomic E-state index is 6.01. The Kier molecular flexibility index (Phi) is 2.70. The molecule has 1 heterocycles. The standard InChI is InChI=1S/C13H19NO/c1-4-11-10-7-5-6-8-12(10)15-13(2,3)9-14-11/h5-8,11,14H,4,9H2,1-3H3. The molecule has 0 fully saturated rings. The van der Waals surface area contributed by atoms with Crippen molar-refractivity contribution in [1.29, 1.82) is 0 Å². The van der Waals surface area contributed by atoms with Gasteiger partial charge in [0.2, 0.25) is 0 Å². The van der Waals surface area contributed by atoms with Crippen LogP contribution < -0.4 is 10.1 Å². The van der Waals surface area contributed by atoms with Gasteiger partial charge in [-0.15, -0.1) is 0 Å². The molecule has 0 saturated heterocycles. The summed E-state index contributed by atoms with van der Waals surface area (Å²) in [6.07, 6.45) is 1.09. The van der Waals surface area contributed by atoms with Gasteiger partial charge in [-0.25, -0.2) is 0 Å². The first kappa shape index (κ1) is 10.5. The summed E-state index contributed by atoms with van der Waals surface area (Å²) < 4.78 is 6.01. The van der Waals surface area contributed by atoms with Gasteiger partial charge in [0.05, 0.1) is 0 Å². The lowest BCUT2D eigenvalue weighted by Crippen LogP contribution is -2.38. The van der Waals surface area contributed by atoms with E-state index in [1.807, 2.05) is 6.07 Å². The predicted octanol–water partition coefficient (Wildman–Crippen LogP) is 2.90. The smallest absolute Gasteiger partial charge is 0.124 e. The zero-order valence-corrected chi connectivity index (χ0v) is 9.71. The van der Waals surface area contributed by atoms with E-state index in [4.69, 9.17) is 4.74 Å². The van der Waals surface area contributed by atoms with Crippen LogP contribution in [0.3, 0.4) is 0 Å². The molecule has 0 radical (unpaired) electrons. The molecule has 2 rings (SSSR count). The number of hydrogen-bond acceptors (Lipinski definition) is 2. The van der Waals surface area contributed by atoms with Crippen molar-refractivity contribution in [2.75, 3.05) is 6.54 Å². The highest BCUT2D eigenvalue weighted by Crippen LogP contribution is 2.32. The quantitative estimate of drug-likeness (QED) is 0.761. The van der Waals surface area contributed by atoms with Crippen LogP contribution in [0.5, 0.6) is 5.75 Å². The maximum Gasteiger partial charge on any atom is 0.124 e. The molecule has 0 aromatic heterocycles. The molecular formula is C13H19NO. The molecule has 0 amide bonds. The number of ether oxygens (including phenoxy) is 1. The number of fused-ring (bicyclic) bond motifs is 1. The van der Waals surface area contributed by atoms with E-state index in [-0.39, 0.29) is 5.60 Å². The van der Waals surface area contributed by atoms with Crippen LogP contribution in [0.2, 0.25) is 0 Å². The van der Waals surface area contributed by atoms with E-state index in [2.05, 4.69) is 44.3 Å². The van der Waals surface area contributed by atoms with Crippen LogP contribution in [0.1, 0.15) is 38.8 Å². The first-order valence-electron chi connectivity index (χ1n) is 5.64. The van der Waals surface area contributed by atoms with Crippen molar-refractivity contribution >= 4 is 0 Å². The molecule has 0 aliphatic carbocycles. The second kappa shape index (κ2) is 3.86. The topological polar surface area (TPSA) is 21.3 Å². The summed E-state index contributed by atoms with van der Waals surface area (Å²) in [6.45, 7) is 7.33. The van der Waals surface area contributed by atoms with Gasteiger partial charge < -0.3 is 10.1 Å². The highest BCUT2D eigenvalue weighted by Gasteiger charge is 2.27. The van der Waals surface area contributed by atoms with Crippen molar-refractivity contribution in [3.63, 3.8) is 0 Å². The highest BCUT2D eigenvalue weighted by molar-refractivity contribution is 5.37. The molecule has 1 aromatic rings. The Morgan fingerprint density at radius 1 is 1.40 bits per heavy atom. The Labute approximate surface area is 91.6 Å². The lowest BCUT2D eigenvalue weighted by molar-refractivity contribution is 0.114. The van der Waals surface area contributed by atoms with Crippen molar-refractivity contribution in [3.05, 3.63) is 29.8 Å². The molecular weight excluding hydrogens is 186 g/mol. The lowest BCUT2D eigenvalue weighted by Gasteiger charge is -2.24. The van der Waals surface area contributed by atoms with Gasteiger partial charge in [-0.05, 0) is 26.3 Å². The summed E-state index contributed by atoms with van der Waals surface area (Å²) in [7, 11) is 0. The Hall–Kier alpha value is -1.02. The Morgan fingerprint density at radius 3 is 2.87 bits per heavy atom. The minimum atomic E-state index is -0.125. The van der Waals surface area contributed by atoms with Crippen molar-refractivity contribution in [1.82, 2.24) is 5.32 Å². The Bertz CT molecular complexity index is 346. The lowest BCUT2D eigenvalue weighted by atomic mass is 10.0. The minimum absolute atomic E-state index is 0.125. The second-order valence-electron chi connectivity index (χ2n) is 4.74.